The minimum atomic E-state index is -0.166. The molecule has 0 radical (unpaired) electrons. The third kappa shape index (κ3) is 3.30. The molecule has 0 amide bonds. The Hall–Kier alpha value is -0.380. The fraction of sp³-hybridized carbons (Fsp3) is 0.500. The third-order valence-electron chi connectivity index (χ3n) is 2.99. The fourth-order valence-corrected chi connectivity index (χ4v) is 2.10. The first-order valence-corrected chi connectivity index (χ1v) is 6.00. The first kappa shape index (κ1) is 12.7. The molecule has 0 saturated heterocycles. The molecule has 0 aromatic heterocycles. The zero-order chi connectivity index (χ0) is 11.3. The van der Waals surface area contributed by atoms with Crippen LogP contribution >= 0.6 is 15.9 Å². The Kier molecular flexibility index (Phi) is 4.77. The molecule has 1 unspecified atom stereocenters. The molecule has 1 rings (SSSR count). The van der Waals surface area contributed by atoms with Crippen LogP contribution in [0.1, 0.15) is 18.9 Å². The lowest BCUT2D eigenvalue weighted by Gasteiger charge is -2.29. The number of nitrogens with two attached hydrogens (primary N) is 1. The molecule has 1 atom stereocenters. The zero-order valence-electron chi connectivity index (χ0n) is 9.04. The van der Waals surface area contributed by atoms with Gasteiger partial charge >= 0.3 is 0 Å². The van der Waals surface area contributed by atoms with Gasteiger partial charge in [-0.2, -0.15) is 0 Å². The van der Waals surface area contributed by atoms with E-state index in [9.17, 15) is 5.11 Å². The third-order valence-corrected chi connectivity index (χ3v) is 3.48. The maximum Gasteiger partial charge on any atom is 0.0502 e. The smallest absolute Gasteiger partial charge is 0.0502 e. The summed E-state index contributed by atoms with van der Waals surface area (Å²) in [5.41, 5.74) is 6.79. The normalized spacial score (nSPS) is 14.9. The lowest BCUT2D eigenvalue weighted by molar-refractivity contribution is 0.127. The summed E-state index contributed by atoms with van der Waals surface area (Å²) in [5.74, 6) is 0. The van der Waals surface area contributed by atoms with Gasteiger partial charge in [-0.25, -0.2) is 0 Å². The predicted octanol–water partition coefficient (Wildman–Crippen LogP) is 2.34. The van der Waals surface area contributed by atoms with Gasteiger partial charge in [-0.3, -0.25) is 0 Å². The molecule has 0 aliphatic rings. The number of aliphatic hydroxyl groups is 1. The van der Waals surface area contributed by atoms with E-state index in [2.05, 4.69) is 35.0 Å². The van der Waals surface area contributed by atoms with E-state index in [-0.39, 0.29) is 12.0 Å². The van der Waals surface area contributed by atoms with Crippen LogP contribution in [0.2, 0.25) is 0 Å². The Bertz CT molecular complexity index is 302. The topological polar surface area (TPSA) is 46.2 Å². The van der Waals surface area contributed by atoms with Crippen LogP contribution in [0.5, 0.6) is 0 Å². The van der Waals surface area contributed by atoms with E-state index in [0.717, 1.165) is 17.3 Å². The van der Waals surface area contributed by atoms with Crippen LogP contribution in [-0.4, -0.2) is 18.3 Å². The SMILES string of the molecule is CCC(CN)(CO)Cc1cccc(Br)c1. The summed E-state index contributed by atoms with van der Waals surface area (Å²) in [6.07, 6.45) is 1.72. The molecule has 3 N–H and O–H groups in total. The molecule has 0 spiro atoms. The molecule has 0 aliphatic carbocycles. The van der Waals surface area contributed by atoms with E-state index >= 15 is 0 Å². The summed E-state index contributed by atoms with van der Waals surface area (Å²) in [5, 5.41) is 9.42. The number of hydrogen-bond donors (Lipinski definition) is 2. The van der Waals surface area contributed by atoms with Crippen molar-refractivity contribution in [3.8, 4) is 0 Å². The summed E-state index contributed by atoms with van der Waals surface area (Å²) < 4.78 is 1.07. The van der Waals surface area contributed by atoms with Gasteiger partial charge in [-0.05, 0) is 30.5 Å². The van der Waals surface area contributed by atoms with Crippen molar-refractivity contribution in [2.75, 3.05) is 13.2 Å². The van der Waals surface area contributed by atoms with Gasteiger partial charge in [0.2, 0.25) is 0 Å². The monoisotopic (exact) mass is 271 g/mol. The molecule has 1 aromatic carbocycles. The summed E-state index contributed by atoms with van der Waals surface area (Å²) >= 11 is 3.44. The largest absolute Gasteiger partial charge is 0.396 e. The van der Waals surface area contributed by atoms with Crippen LogP contribution < -0.4 is 5.73 Å². The second-order valence-electron chi connectivity index (χ2n) is 4.02. The van der Waals surface area contributed by atoms with Crippen molar-refractivity contribution in [2.45, 2.75) is 19.8 Å². The minimum absolute atomic E-state index is 0.145. The highest BCUT2D eigenvalue weighted by Gasteiger charge is 2.25. The van der Waals surface area contributed by atoms with E-state index in [1.165, 1.54) is 5.56 Å². The first-order valence-electron chi connectivity index (χ1n) is 5.21. The molecular weight excluding hydrogens is 254 g/mol. The molecule has 0 aliphatic heterocycles. The highest BCUT2D eigenvalue weighted by Crippen LogP contribution is 2.26. The van der Waals surface area contributed by atoms with Crippen LogP contribution in [-0.2, 0) is 6.42 Å². The van der Waals surface area contributed by atoms with Crippen molar-refractivity contribution in [2.24, 2.45) is 11.1 Å². The van der Waals surface area contributed by atoms with Gasteiger partial charge < -0.3 is 10.8 Å². The lowest BCUT2D eigenvalue weighted by Crippen LogP contribution is -2.35. The van der Waals surface area contributed by atoms with E-state index in [0.29, 0.717) is 6.54 Å². The maximum absolute atomic E-state index is 9.42. The van der Waals surface area contributed by atoms with Gasteiger partial charge in [0, 0.05) is 16.4 Å². The Labute approximate surface area is 99.6 Å². The van der Waals surface area contributed by atoms with Crippen molar-refractivity contribution in [1.29, 1.82) is 0 Å². The molecule has 15 heavy (non-hydrogen) atoms. The second-order valence-corrected chi connectivity index (χ2v) is 4.94. The quantitative estimate of drug-likeness (QED) is 0.864. The molecular formula is C12H18BrNO. The van der Waals surface area contributed by atoms with Gasteiger partial charge in [0.1, 0.15) is 0 Å². The standard InChI is InChI=1S/C12H18BrNO/c1-2-12(8-14,9-15)7-10-4-3-5-11(13)6-10/h3-6,15H,2,7-9,14H2,1H3. The van der Waals surface area contributed by atoms with Crippen LogP contribution in [0, 0.1) is 5.41 Å². The molecule has 3 heteroatoms. The van der Waals surface area contributed by atoms with Gasteiger partial charge in [-0.15, -0.1) is 0 Å². The summed E-state index contributed by atoms with van der Waals surface area (Å²) in [7, 11) is 0. The Morgan fingerprint density at radius 3 is 2.67 bits per heavy atom. The lowest BCUT2D eigenvalue weighted by atomic mass is 9.80. The highest BCUT2D eigenvalue weighted by atomic mass is 79.9. The van der Waals surface area contributed by atoms with Crippen molar-refractivity contribution >= 4 is 15.9 Å². The molecule has 0 fully saturated rings. The van der Waals surface area contributed by atoms with Crippen LogP contribution in [0.25, 0.3) is 0 Å². The van der Waals surface area contributed by atoms with Gasteiger partial charge in [0.05, 0.1) is 6.61 Å². The Balaban J connectivity index is 2.82. The summed E-state index contributed by atoms with van der Waals surface area (Å²) in [4.78, 5) is 0. The molecule has 84 valence electrons. The van der Waals surface area contributed by atoms with Crippen LogP contribution in [0.15, 0.2) is 28.7 Å². The van der Waals surface area contributed by atoms with E-state index in [1.807, 2.05) is 12.1 Å². The van der Waals surface area contributed by atoms with Crippen LogP contribution in [0.3, 0.4) is 0 Å². The van der Waals surface area contributed by atoms with Crippen molar-refractivity contribution in [3.63, 3.8) is 0 Å². The van der Waals surface area contributed by atoms with Crippen LogP contribution in [0.4, 0.5) is 0 Å². The highest BCUT2D eigenvalue weighted by molar-refractivity contribution is 9.10. The van der Waals surface area contributed by atoms with E-state index < -0.39 is 0 Å². The summed E-state index contributed by atoms with van der Waals surface area (Å²) in [6.45, 7) is 2.74. The van der Waals surface area contributed by atoms with Crippen molar-refractivity contribution < 1.29 is 5.11 Å². The van der Waals surface area contributed by atoms with E-state index in [1.54, 1.807) is 0 Å². The number of benzene rings is 1. The van der Waals surface area contributed by atoms with Gasteiger partial charge in [0.25, 0.3) is 0 Å². The molecule has 0 saturated carbocycles. The maximum atomic E-state index is 9.42. The molecule has 2 nitrogen and oxygen atoms in total. The van der Waals surface area contributed by atoms with Crippen molar-refractivity contribution in [3.05, 3.63) is 34.3 Å². The van der Waals surface area contributed by atoms with Crippen molar-refractivity contribution in [1.82, 2.24) is 0 Å². The minimum Gasteiger partial charge on any atom is -0.396 e. The number of hydrogen-bond acceptors (Lipinski definition) is 2. The number of aliphatic hydroxyl groups excluding tert-OH is 1. The Morgan fingerprint density at radius 2 is 2.20 bits per heavy atom. The van der Waals surface area contributed by atoms with E-state index in [4.69, 9.17) is 5.73 Å². The summed E-state index contributed by atoms with van der Waals surface area (Å²) in [6, 6.07) is 8.16. The van der Waals surface area contributed by atoms with Gasteiger partial charge in [0.15, 0.2) is 0 Å². The second kappa shape index (κ2) is 5.64. The predicted molar refractivity (Wildman–Crippen MR) is 66.7 cm³/mol. The number of rotatable bonds is 5. The average molecular weight is 272 g/mol. The Morgan fingerprint density at radius 1 is 1.47 bits per heavy atom. The fourth-order valence-electron chi connectivity index (χ4n) is 1.65. The molecule has 1 aromatic rings. The number of halogens is 1. The molecule has 0 bridgehead atoms. The zero-order valence-corrected chi connectivity index (χ0v) is 10.6. The average Bonchev–Trinajstić information content (AvgIpc) is 2.26. The molecule has 0 heterocycles. The first-order chi connectivity index (χ1) is 7.15. The van der Waals surface area contributed by atoms with Gasteiger partial charge in [-0.1, -0.05) is 35.0 Å².